The van der Waals surface area contributed by atoms with Gasteiger partial charge in [-0.25, -0.2) is 14.4 Å². The van der Waals surface area contributed by atoms with Crippen LogP contribution in [0.2, 0.25) is 18.1 Å². The number of nitrogens with one attached hydrogen (secondary N) is 1. The highest BCUT2D eigenvalue weighted by molar-refractivity contribution is 6.74. The molecule has 146 valence electrons. The minimum absolute atomic E-state index is 0.103. The summed E-state index contributed by atoms with van der Waals surface area (Å²) in [4.78, 5) is 21.0. The highest BCUT2D eigenvalue weighted by Crippen LogP contribution is 2.36. The Bertz CT molecular complexity index is 792. The molecule has 0 aliphatic heterocycles. The molecular weight excluding hydrogens is 361 g/mol. The first-order valence-corrected chi connectivity index (χ1v) is 11.9. The highest BCUT2D eigenvalue weighted by Gasteiger charge is 2.37. The van der Waals surface area contributed by atoms with Gasteiger partial charge in [0.15, 0.2) is 14.1 Å². The second-order valence-electron chi connectivity index (χ2n) is 8.21. The number of rotatable bonds is 6. The monoisotopic (exact) mass is 389 g/mol. The minimum atomic E-state index is -1.89. The van der Waals surface area contributed by atoms with Crippen molar-refractivity contribution in [2.75, 3.05) is 6.61 Å². The van der Waals surface area contributed by atoms with Crippen LogP contribution in [0.4, 0.5) is 4.39 Å². The molecule has 0 radical (unpaired) electrons. The number of halogens is 1. The summed E-state index contributed by atoms with van der Waals surface area (Å²) in [6.07, 6.45) is 3.12. The Morgan fingerprint density at radius 3 is 2.48 bits per heavy atom. The van der Waals surface area contributed by atoms with Crippen LogP contribution in [-0.2, 0) is 4.43 Å². The van der Waals surface area contributed by atoms with E-state index in [-0.39, 0.29) is 17.0 Å². The van der Waals surface area contributed by atoms with Gasteiger partial charge in [-0.05, 0) is 49.3 Å². The van der Waals surface area contributed by atoms with Crippen molar-refractivity contribution >= 4 is 14.2 Å². The summed E-state index contributed by atoms with van der Waals surface area (Å²) in [5, 5.41) is 3.03. The Labute approximate surface area is 161 Å². The molecule has 1 amide bonds. The van der Waals surface area contributed by atoms with Gasteiger partial charge in [0.1, 0.15) is 5.82 Å². The van der Waals surface area contributed by atoms with Crippen LogP contribution >= 0.6 is 0 Å². The molecule has 0 spiro atoms. The largest absolute Gasteiger partial charge is 0.415 e. The molecule has 1 aromatic heterocycles. The summed E-state index contributed by atoms with van der Waals surface area (Å²) in [5.41, 5.74) is 0.701. The Morgan fingerprint density at radius 1 is 1.26 bits per heavy atom. The van der Waals surface area contributed by atoms with Crippen molar-refractivity contribution in [2.24, 2.45) is 0 Å². The number of benzene rings is 1. The molecule has 7 heteroatoms. The number of aromatic nitrogens is 2. The lowest BCUT2D eigenvalue weighted by Gasteiger charge is -2.37. The Kier molecular flexibility index (Phi) is 6.49. The lowest BCUT2D eigenvalue weighted by atomic mass is 10.1. The maximum Gasteiger partial charge on any atom is 0.252 e. The van der Waals surface area contributed by atoms with E-state index >= 15 is 0 Å². The van der Waals surface area contributed by atoms with Crippen molar-refractivity contribution < 1.29 is 13.6 Å². The van der Waals surface area contributed by atoms with E-state index in [2.05, 4.69) is 49.1 Å². The van der Waals surface area contributed by atoms with Crippen molar-refractivity contribution in [1.29, 1.82) is 0 Å². The fraction of sp³-hybridized carbons (Fsp3) is 0.450. The minimum Gasteiger partial charge on any atom is -0.415 e. The third kappa shape index (κ3) is 5.43. The van der Waals surface area contributed by atoms with Crippen LogP contribution in [0, 0.1) is 5.82 Å². The molecule has 0 saturated heterocycles. The van der Waals surface area contributed by atoms with Gasteiger partial charge in [-0.2, -0.15) is 0 Å². The summed E-state index contributed by atoms with van der Waals surface area (Å²) in [6, 6.07) is 5.49. The SMILES string of the molecule is C[C@@H](CO[Si](C)(C)C(C)(C)C)NC(=O)c1ccc(F)cc1-c1ncccn1. The summed E-state index contributed by atoms with van der Waals surface area (Å²) in [5.74, 6) is -0.431. The average molecular weight is 390 g/mol. The molecule has 0 aliphatic rings. The van der Waals surface area contributed by atoms with Crippen LogP contribution in [0.25, 0.3) is 11.4 Å². The Balaban J connectivity index is 2.12. The molecule has 5 nitrogen and oxygen atoms in total. The van der Waals surface area contributed by atoms with Gasteiger partial charge in [0.05, 0.1) is 12.2 Å². The molecule has 1 heterocycles. The molecule has 0 aliphatic carbocycles. The first-order chi connectivity index (χ1) is 12.5. The van der Waals surface area contributed by atoms with Gasteiger partial charge in [0.2, 0.25) is 0 Å². The third-order valence-electron chi connectivity index (χ3n) is 4.91. The molecule has 2 rings (SSSR count). The van der Waals surface area contributed by atoms with Crippen LogP contribution in [0.15, 0.2) is 36.7 Å². The van der Waals surface area contributed by atoms with E-state index in [9.17, 15) is 9.18 Å². The van der Waals surface area contributed by atoms with Crippen molar-refractivity contribution in [3.05, 3.63) is 48.0 Å². The van der Waals surface area contributed by atoms with Crippen molar-refractivity contribution in [2.45, 2.75) is 51.9 Å². The quantitative estimate of drug-likeness (QED) is 0.743. The van der Waals surface area contributed by atoms with Gasteiger partial charge in [0.25, 0.3) is 5.91 Å². The van der Waals surface area contributed by atoms with Crippen LogP contribution in [0.1, 0.15) is 38.1 Å². The topological polar surface area (TPSA) is 64.1 Å². The number of carbonyl (C=O) groups is 1. The zero-order chi connectivity index (χ0) is 20.2. The van der Waals surface area contributed by atoms with Gasteiger partial charge in [-0.15, -0.1) is 0 Å². The summed E-state index contributed by atoms with van der Waals surface area (Å²) < 4.78 is 19.9. The predicted molar refractivity (Wildman–Crippen MR) is 108 cm³/mol. The van der Waals surface area contributed by atoms with Crippen molar-refractivity contribution in [3.8, 4) is 11.4 Å². The number of amides is 1. The van der Waals surface area contributed by atoms with Crippen LogP contribution in [-0.4, -0.2) is 36.8 Å². The molecular formula is C20H28FN3O2Si. The highest BCUT2D eigenvalue weighted by atomic mass is 28.4. The molecule has 27 heavy (non-hydrogen) atoms. The molecule has 1 N–H and O–H groups in total. The maximum absolute atomic E-state index is 13.7. The van der Waals surface area contributed by atoms with Gasteiger partial charge < -0.3 is 9.74 Å². The lowest BCUT2D eigenvalue weighted by molar-refractivity contribution is 0.0924. The number of hydrogen-bond acceptors (Lipinski definition) is 4. The van der Waals surface area contributed by atoms with Gasteiger partial charge in [-0.1, -0.05) is 20.8 Å². The van der Waals surface area contributed by atoms with Gasteiger partial charge >= 0.3 is 0 Å². The summed E-state index contributed by atoms with van der Waals surface area (Å²) >= 11 is 0. The first-order valence-electron chi connectivity index (χ1n) is 9.03. The summed E-state index contributed by atoms with van der Waals surface area (Å²) in [6.45, 7) is 13.2. The third-order valence-corrected chi connectivity index (χ3v) is 9.41. The zero-order valence-electron chi connectivity index (χ0n) is 16.8. The lowest BCUT2D eigenvalue weighted by Crippen LogP contribution is -2.45. The van der Waals surface area contributed by atoms with E-state index < -0.39 is 14.1 Å². The molecule has 1 aromatic carbocycles. The molecule has 0 saturated carbocycles. The Hall–Kier alpha value is -2.12. The van der Waals surface area contributed by atoms with E-state index in [1.165, 1.54) is 18.2 Å². The van der Waals surface area contributed by atoms with Crippen molar-refractivity contribution in [3.63, 3.8) is 0 Å². The van der Waals surface area contributed by atoms with E-state index in [1.54, 1.807) is 18.5 Å². The van der Waals surface area contributed by atoms with E-state index in [4.69, 9.17) is 4.43 Å². The van der Waals surface area contributed by atoms with Crippen LogP contribution in [0.5, 0.6) is 0 Å². The van der Waals surface area contributed by atoms with Crippen LogP contribution in [0.3, 0.4) is 0 Å². The molecule has 0 fully saturated rings. The summed E-state index contributed by atoms with van der Waals surface area (Å²) in [7, 11) is -1.89. The maximum atomic E-state index is 13.7. The predicted octanol–water partition coefficient (Wildman–Crippen LogP) is 4.42. The normalized spacial score (nSPS) is 13.3. The second-order valence-corrected chi connectivity index (χ2v) is 13.0. The fourth-order valence-electron chi connectivity index (χ4n) is 2.23. The fourth-order valence-corrected chi connectivity index (χ4v) is 3.33. The zero-order valence-corrected chi connectivity index (χ0v) is 17.8. The molecule has 0 unspecified atom stereocenters. The number of hydrogen-bond donors (Lipinski definition) is 1. The van der Waals surface area contributed by atoms with E-state index in [0.717, 1.165) is 0 Å². The number of nitrogens with zero attached hydrogens (tertiary/aromatic N) is 2. The molecule has 1 atom stereocenters. The first kappa shape index (κ1) is 21.2. The second kappa shape index (κ2) is 8.27. The Morgan fingerprint density at radius 2 is 1.89 bits per heavy atom. The molecule has 2 aromatic rings. The van der Waals surface area contributed by atoms with Crippen LogP contribution < -0.4 is 5.32 Å². The van der Waals surface area contributed by atoms with E-state index in [0.29, 0.717) is 23.6 Å². The van der Waals surface area contributed by atoms with E-state index in [1.807, 2.05) is 6.92 Å². The smallest absolute Gasteiger partial charge is 0.252 e. The molecule has 0 bridgehead atoms. The van der Waals surface area contributed by atoms with Gasteiger partial charge in [-0.3, -0.25) is 4.79 Å². The van der Waals surface area contributed by atoms with Gasteiger partial charge in [0, 0.05) is 24.0 Å². The standard InChI is InChI=1S/C20H28FN3O2Si/c1-14(13-26-27(5,6)20(2,3)4)24-19(25)16-9-8-15(21)12-17(16)18-22-10-7-11-23-18/h7-12,14H,13H2,1-6H3,(H,24,25)/t14-/m0/s1. The number of carbonyl (C=O) groups excluding carboxylic acids is 1. The average Bonchev–Trinajstić information content (AvgIpc) is 2.59. The van der Waals surface area contributed by atoms with Crippen molar-refractivity contribution in [1.82, 2.24) is 15.3 Å².